The van der Waals surface area contributed by atoms with E-state index < -0.39 is 5.25 Å². The van der Waals surface area contributed by atoms with Crippen molar-refractivity contribution in [3.8, 4) is 22.9 Å². The van der Waals surface area contributed by atoms with Crippen molar-refractivity contribution in [3.63, 3.8) is 0 Å². The molecule has 0 spiro atoms. The van der Waals surface area contributed by atoms with Crippen LogP contribution in [-0.2, 0) is 4.79 Å². The van der Waals surface area contributed by atoms with E-state index in [-0.39, 0.29) is 17.1 Å². The molecule has 2 aromatic carbocycles. The number of nitrogens with one attached hydrogen (secondary N) is 1. The van der Waals surface area contributed by atoms with Crippen molar-refractivity contribution in [2.24, 2.45) is 0 Å². The Hall–Kier alpha value is -3.99. The lowest BCUT2D eigenvalue weighted by Crippen LogP contribution is -2.25. The van der Waals surface area contributed by atoms with Gasteiger partial charge in [-0.15, -0.1) is 10.2 Å². The van der Waals surface area contributed by atoms with Gasteiger partial charge < -0.3 is 19.5 Å². The van der Waals surface area contributed by atoms with Crippen LogP contribution in [0.5, 0.6) is 17.2 Å². The van der Waals surface area contributed by atoms with Gasteiger partial charge in [0.2, 0.25) is 11.6 Å². The average Bonchev–Trinajstić information content (AvgIpc) is 3.30. The SMILES string of the molecule is CC[C@H](Sc1nnc2c(=O)n(-c3cccc(OC)c3)ccn12)C(=O)Nc1cc(OC)cc(OC)c1. The molecule has 0 radical (unpaired) electrons. The summed E-state index contributed by atoms with van der Waals surface area (Å²) in [5.74, 6) is 1.55. The highest BCUT2D eigenvalue weighted by molar-refractivity contribution is 8.00. The highest BCUT2D eigenvalue weighted by Gasteiger charge is 2.22. The van der Waals surface area contributed by atoms with Crippen LogP contribution >= 0.6 is 11.8 Å². The highest BCUT2D eigenvalue weighted by atomic mass is 32.2. The van der Waals surface area contributed by atoms with E-state index >= 15 is 0 Å². The molecule has 1 N–H and O–H groups in total. The van der Waals surface area contributed by atoms with Crippen LogP contribution in [-0.4, -0.2) is 51.7 Å². The number of methoxy groups -OCH3 is 3. The van der Waals surface area contributed by atoms with Gasteiger partial charge in [-0.25, -0.2) is 0 Å². The van der Waals surface area contributed by atoms with Crippen LogP contribution < -0.4 is 25.1 Å². The van der Waals surface area contributed by atoms with Gasteiger partial charge in [-0.3, -0.25) is 18.6 Å². The third kappa shape index (κ3) is 5.09. The fourth-order valence-corrected chi connectivity index (χ4v) is 4.40. The van der Waals surface area contributed by atoms with Crippen molar-refractivity contribution in [2.45, 2.75) is 23.8 Å². The Kier molecular flexibility index (Phi) is 7.25. The Balaban J connectivity index is 1.58. The lowest BCUT2D eigenvalue weighted by Gasteiger charge is -2.15. The van der Waals surface area contributed by atoms with Crippen LogP contribution in [0.3, 0.4) is 0 Å². The molecule has 182 valence electrons. The fourth-order valence-electron chi connectivity index (χ4n) is 3.46. The number of anilines is 1. The van der Waals surface area contributed by atoms with Gasteiger partial charge in [-0.05, 0) is 18.6 Å². The third-order valence-corrected chi connectivity index (χ3v) is 6.62. The van der Waals surface area contributed by atoms with Gasteiger partial charge >= 0.3 is 5.56 Å². The maximum Gasteiger partial charge on any atom is 0.300 e. The van der Waals surface area contributed by atoms with Crippen molar-refractivity contribution in [3.05, 3.63) is 65.2 Å². The van der Waals surface area contributed by atoms with E-state index in [1.807, 2.05) is 6.92 Å². The molecular formula is C24H25N5O5S. The Morgan fingerprint density at radius 3 is 2.37 bits per heavy atom. The normalized spacial score (nSPS) is 11.8. The summed E-state index contributed by atoms with van der Waals surface area (Å²) in [7, 11) is 4.66. The molecule has 1 atom stereocenters. The molecule has 0 fully saturated rings. The van der Waals surface area contributed by atoms with Crippen LogP contribution in [0.1, 0.15) is 13.3 Å². The Labute approximate surface area is 205 Å². The summed E-state index contributed by atoms with van der Waals surface area (Å²) >= 11 is 1.24. The minimum atomic E-state index is -0.472. The standard InChI is InChI=1S/C24H25N5O5S/c1-5-20(22(30)25-15-11-18(33-3)14-19(12-15)34-4)35-24-27-26-21-23(31)28(9-10-29(21)24)16-7-6-8-17(13-16)32-2/h6-14,20H,5H2,1-4H3,(H,25,30)/t20-/m0/s1. The first-order valence-electron chi connectivity index (χ1n) is 10.8. The summed E-state index contributed by atoms with van der Waals surface area (Å²) < 4.78 is 18.9. The van der Waals surface area contributed by atoms with Gasteiger partial charge in [0, 0.05) is 42.3 Å². The molecule has 0 saturated carbocycles. The monoisotopic (exact) mass is 495 g/mol. The number of nitrogens with zero attached hydrogens (tertiary/aromatic N) is 4. The predicted octanol–water partition coefficient (Wildman–Crippen LogP) is 3.42. The zero-order valence-corrected chi connectivity index (χ0v) is 20.5. The number of hydrogen-bond acceptors (Lipinski definition) is 8. The third-order valence-electron chi connectivity index (χ3n) is 5.30. The summed E-state index contributed by atoms with van der Waals surface area (Å²) in [6.45, 7) is 1.91. The summed E-state index contributed by atoms with van der Waals surface area (Å²) in [5.41, 5.74) is 1.03. The lowest BCUT2D eigenvalue weighted by molar-refractivity contribution is -0.115. The molecule has 10 nitrogen and oxygen atoms in total. The van der Waals surface area contributed by atoms with Crippen LogP contribution in [0.15, 0.2) is 64.8 Å². The Bertz CT molecular complexity index is 1390. The van der Waals surface area contributed by atoms with Crippen LogP contribution in [0.4, 0.5) is 5.69 Å². The number of aromatic nitrogens is 4. The zero-order valence-electron chi connectivity index (χ0n) is 19.7. The largest absolute Gasteiger partial charge is 0.497 e. The molecule has 4 rings (SSSR count). The second-order valence-electron chi connectivity index (χ2n) is 7.46. The lowest BCUT2D eigenvalue weighted by atomic mass is 10.2. The van der Waals surface area contributed by atoms with E-state index in [1.54, 1.807) is 80.6 Å². The van der Waals surface area contributed by atoms with Gasteiger partial charge in [-0.2, -0.15) is 0 Å². The molecular weight excluding hydrogens is 470 g/mol. The molecule has 11 heteroatoms. The number of benzene rings is 2. The van der Waals surface area contributed by atoms with Crippen molar-refractivity contribution < 1.29 is 19.0 Å². The van der Waals surface area contributed by atoms with E-state index in [0.29, 0.717) is 40.2 Å². The molecule has 0 saturated heterocycles. The smallest absolute Gasteiger partial charge is 0.300 e. The molecule has 2 heterocycles. The summed E-state index contributed by atoms with van der Waals surface area (Å²) in [5, 5.41) is 11.1. The van der Waals surface area contributed by atoms with E-state index in [9.17, 15) is 9.59 Å². The predicted molar refractivity (Wildman–Crippen MR) is 133 cm³/mol. The zero-order chi connectivity index (χ0) is 24.9. The Morgan fingerprint density at radius 1 is 1.00 bits per heavy atom. The fraction of sp³-hybridized carbons (Fsp3) is 0.250. The summed E-state index contributed by atoms with van der Waals surface area (Å²) in [4.78, 5) is 26.1. The minimum absolute atomic E-state index is 0.158. The first kappa shape index (κ1) is 24.1. The molecule has 0 aliphatic heterocycles. The summed E-state index contributed by atoms with van der Waals surface area (Å²) in [6, 6.07) is 12.3. The van der Waals surface area contributed by atoms with Crippen molar-refractivity contribution >= 4 is 29.0 Å². The number of carbonyl (C=O) groups is 1. The topological polar surface area (TPSA) is 109 Å². The van der Waals surface area contributed by atoms with Gasteiger partial charge in [0.25, 0.3) is 0 Å². The van der Waals surface area contributed by atoms with E-state index in [4.69, 9.17) is 14.2 Å². The molecule has 0 aliphatic rings. The van der Waals surface area contributed by atoms with E-state index in [1.165, 1.54) is 16.3 Å². The number of rotatable bonds is 9. The Morgan fingerprint density at radius 2 is 1.71 bits per heavy atom. The van der Waals surface area contributed by atoms with Crippen molar-refractivity contribution in [1.82, 2.24) is 19.2 Å². The van der Waals surface area contributed by atoms with Crippen LogP contribution in [0, 0.1) is 0 Å². The second-order valence-corrected chi connectivity index (χ2v) is 8.63. The molecule has 1 amide bonds. The number of thioether (sulfide) groups is 1. The van der Waals surface area contributed by atoms with Crippen LogP contribution in [0.2, 0.25) is 0 Å². The molecule has 4 aromatic rings. The maximum atomic E-state index is 13.1. The van der Waals surface area contributed by atoms with E-state index in [2.05, 4.69) is 15.5 Å². The molecule has 0 aliphatic carbocycles. The van der Waals surface area contributed by atoms with Crippen LogP contribution in [0.25, 0.3) is 11.3 Å². The van der Waals surface area contributed by atoms with Gasteiger partial charge in [-0.1, -0.05) is 24.8 Å². The molecule has 0 bridgehead atoms. The molecule has 35 heavy (non-hydrogen) atoms. The molecule has 0 unspecified atom stereocenters. The average molecular weight is 496 g/mol. The number of carbonyl (C=O) groups excluding carboxylic acids is 1. The summed E-state index contributed by atoms with van der Waals surface area (Å²) in [6.07, 6.45) is 3.88. The van der Waals surface area contributed by atoms with Crippen molar-refractivity contribution in [2.75, 3.05) is 26.6 Å². The number of ether oxygens (including phenoxy) is 3. The van der Waals surface area contributed by atoms with Gasteiger partial charge in [0.1, 0.15) is 17.2 Å². The highest BCUT2D eigenvalue weighted by Crippen LogP contribution is 2.29. The van der Waals surface area contributed by atoms with Gasteiger partial charge in [0.15, 0.2) is 5.16 Å². The quantitative estimate of drug-likeness (QED) is 0.352. The molecule has 2 aromatic heterocycles. The maximum absolute atomic E-state index is 13.1. The number of hydrogen-bond donors (Lipinski definition) is 1. The number of amides is 1. The van der Waals surface area contributed by atoms with E-state index in [0.717, 1.165) is 0 Å². The second kappa shape index (κ2) is 10.5. The van der Waals surface area contributed by atoms with Crippen molar-refractivity contribution in [1.29, 1.82) is 0 Å². The minimum Gasteiger partial charge on any atom is -0.497 e. The van der Waals surface area contributed by atoms with Gasteiger partial charge in [0.05, 0.1) is 32.3 Å². The first-order valence-corrected chi connectivity index (χ1v) is 11.7. The number of fused-ring (bicyclic) bond motifs is 1. The first-order chi connectivity index (χ1) is 17.0.